The molecule has 0 saturated carbocycles. The number of aromatic nitrogens is 1. The van der Waals surface area contributed by atoms with Crippen molar-refractivity contribution in [1.82, 2.24) is 20.7 Å². The van der Waals surface area contributed by atoms with Crippen LogP contribution >= 0.6 is 0 Å². The summed E-state index contributed by atoms with van der Waals surface area (Å²) in [5.41, 5.74) is 9.79. The lowest BCUT2D eigenvalue weighted by Crippen LogP contribution is -2.30. The highest BCUT2D eigenvalue weighted by molar-refractivity contribution is 5.81. The van der Waals surface area contributed by atoms with Gasteiger partial charge in [-0.3, -0.25) is 10.2 Å². The topological polar surface area (TPSA) is 69.4 Å². The van der Waals surface area contributed by atoms with Crippen LogP contribution in [0.1, 0.15) is 17.2 Å². The van der Waals surface area contributed by atoms with Gasteiger partial charge in [-0.25, -0.2) is 5.43 Å². The molecule has 2 aromatic carbocycles. The van der Waals surface area contributed by atoms with Crippen LogP contribution in [-0.2, 0) is 6.54 Å². The standard InChI is InChI=1S/C22H26N4O2/c1-26(13-16-11-21(27)24-20-9-4-3-8-19(16)20)14-17-12-23-25-22(17)15-6-5-7-18(10-15)28-2/h3-11,17,22-23,25H,12-14H2,1-2H3,(H,24,27). The summed E-state index contributed by atoms with van der Waals surface area (Å²) in [4.78, 5) is 17.2. The first-order chi connectivity index (χ1) is 13.6. The molecule has 146 valence electrons. The van der Waals surface area contributed by atoms with E-state index in [0.717, 1.165) is 41.9 Å². The minimum absolute atomic E-state index is 0.0550. The van der Waals surface area contributed by atoms with E-state index in [1.165, 1.54) is 5.56 Å². The molecule has 4 rings (SSSR count). The Bertz CT molecular complexity index is 1020. The zero-order valence-corrected chi connectivity index (χ0v) is 16.2. The molecule has 2 heterocycles. The molecular formula is C22H26N4O2. The summed E-state index contributed by atoms with van der Waals surface area (Å²) in [6.45, 7) is 2.52. The summed E-state index contributed by atoms with van der Waals surface area (Å²) >= 11 is 0. The highest BCUT2D eigenvalue weighted by atomic mass is 16.5. The number of nitrogens with zero attached hydrogens (tertiary/aromatic N) is 1. The predicted molar refractivity (Wildman–Crippen MR) is 111 cm³/mol. The molecular weight excluding hydrogens is 352 g/mol. The number of benzene rings is 2. The molecule has 2 atom stereocenters. The van der Waals surface area contributed by atoms with Crippen LogP contribution in [-0.4, -0.2) is 37.1 Å². The van der Waals surface area contributed by atoms with E-state index in [0.29, 0.717) is 5.92 Å². The van der Waals surface area contributed by atoms with Gasteiger partial charge in [-0.15, -0.1) is 0 Å². The van der Waals surface area contributed by atoms with Crippen molar-refractivity contribution in [2.24, 2.45) is 5.92 Å². The van der Waals surface area contributed by atoms with E-state index in [9.17, 15) is 4.79 Å². The molecule has 2 unspecified atom stereocenters. The van der Waals surface area contributed by atoms with Crippen LogP contribution in [0.3, 0.4) is 0 Å². The van der Waals surface area contributed by atoms with Gasteiger partial charge in [-0.05, 0) is 36.4 Å². The van der Waals surface area contributed by atoms with Crippen molar-refractivity contribution in [2.75, 3.05) is 27.2 Å². The van der Waals surface area contributed by atoms with Gasteiger partial charge in [0.25, 0.3) is 0 Å². The van der Waals surface area contributed by atoms with Crippen LogP contribution in [0.2, 0.25) is 0 Å². The molecule has 1 saturated heterocycles. The number of pyridine rings is 1. The summed E-state index contributed by atoms with van der Waals surface area (Å²) in [5.74, 6) is 1.28. The van der Waals surface area contributed by atoms with E-state index in [1.54, 1.807) is 13.2 Å². The summed E-state index contributed by atoms with van der Waals surface area (Å²) < 4.78 is 5.37. The molecule has 28 heavy (non-hydrogen) atoms. The maximum atomic E-state index is 12.0. The first kappa shape index (κ1) is 18.7. The molecule has 1 fully saturated rings. The number of rotatable bonds is 6. The largest absolute Gasteiger partial charge is 0.497 e. The number of methoxy groups -OCH3 is 1. The van der Waals surface area contributed by atoms with E-state index in [4.69, 9.17) is 4.74 Å². The quantitative estimate of drug-likeness (QED) is 0.615. The normalized spacial score (nSPS) is 19.4. The second-order valence-electron chi connectivity index (χ2n) is 7.44. The van der Waals surface area contributed by atoms with Gasteiger partial charge in [-0.1, -0.05) is 30.3 Å². The van der Waals surface area contributed by atoms with Gasteiger partial charge in [0.2, 0.25) is 5.56 Å². The van der Waals surface area contributed by atoms with Crippen LogP contribution in [0.25, 0.3) is 10.9 Å². The molecule has 0 amide bonds. The van der Waals surface area contributed by atoms with E-state index < -0.39 is 0 Å². The van der Waals surface area contributed by atoms with Crippen LogP contribution in [0.15, 0.2) is 59.4 Å². The minimum atomic E-state index is -0.0550. The number of hydrogen-bond acceptors (Lipinski definition) is 5. The van der Waals surface area contributed by atoms with Gasteiger partial charge in [0.1, 0.15) is 5.75 Å². The van der Waals surface area contributed by atoms with Crippen LogP contribution in [0.4, 0.5) is 0 Å². The van der Waals surface area contributed by atoms with Crippen molar-refractivity contribution in [3.05, 3.63) is 76.1 Å². The average molecular weight is 378 g/mol. The highest BCUT2D eigenvalue weighted by Crippen LogP contribution is 2.28. The van der Waals surface area contributed by atoms with Gasteiger partial charge in [0.15, 0.2) is 0 Å². The third kappa shape index (κ3) is 3.94. The fourth-order valence-corrected chi connectivity index (χ4v) is 4.06. The minimum Gasteiger partial charge on any atom is -0.497 e. The number of aromatic amines is 1. The first-order valence-electron chi connectivity index (χ1n) is 9.56. The number of H-pyrrole nitrogens is 1. The van der Waals surface area contributed by atoms with Crippen LogP contribution < -0.4 is 21.1 Å². The maximum absolute atomic E-state index is 12.0. The summed E-state index contributed by atoms with van der Waals surface area (Å²) in [5, 5.41) is 1.10. The van der Waals surface area contributed by atoms with Crippen molar-refractivity contribution in [2.45, 2.75) is 12.6 Å². The molecule has 6 nitrogen and oxygen atoms in total. The molecule has 0 radical (unpaired) electrons. The molecule has 0 aliphatic carbocycles. The van der Waals surface area contributed by atoms with Gasteiger partial charge in [0, 0.05) is 42.5 Å². The van der Waals surface area contributed by atoms with Gasteiger partial charge >= 0.3 is 0 Å². The van der Waals surface area contributed by atoms with Crippen LogP contribution in [0.5, 0.6) is 5.75 Å². The van der Waals surface area contributed by atoms with E-state index in [-0.39, 0.29) is 11.6 Å². The summed E-state index contributed by atoms with van der Waals surface area (Å²) in [6, 6.07) is 18.1. The van der Waals surface area contributed by atoms with Crippen molar-refractivity contribution in [3.63, 3.8) is 0 Å². The van der Waals surface area contributed by atoms with Gasteiger partial charge in [0.05, 0.1) is 13.2 Å². The van der Waals surface area contributed by atoms with Crippen molar-refractivity contribution in [3.8, 4) is 5.75 Å². The Labute approximate surface area is 164 Å². The maximum Gasteiger partial charge on any atom is 0.248 e. The number of ether oxygens (including phenoxy) is 1. The van der Waals surface area contributed by atoms with E-state index in [2.05, 4.69) is 46.0 Å². The fourth-order valence-electron chi connectivity index (χ4n) is 4.06. The molecule has 0 spiro atoms. The van der Waals surface area contributed by atoms with E-state index in [1.807, 2.05) is 30.3 Å². The second-order valence-corrected chi connectivity index (χ2v) is 7.44. The monoisotopic (exact) mass is 378 g/mol. The number of hydrogen-bond donors (Lipinski definition) is 3. The molecule has 1 aliphatic heterocycles. The SMILES string of the molecule is COc1cccc(C2NNCC2CN(C)Cc2cc(=O)[nH]c3ccccc23)c1. The van der Waals surface area contributed by atoms with Crippen LogP contribution in [0, 0.1) is 5.92 Å². The fraction of sp³-hybridized carbons (Fsp3) is 0.318. The lowest BCUT2D eigenvalue weighted by molar-refractivity contribution is 0.263. The lowest BCUT2D eigenvalue weighted by atomic mass is 9.94. The molecule has 3 aromatic rings. The molecule has 1 aliphatic rings. The van der Waals surface area contributed by atoms with Crippen molar-refractivity contribution >= 4 is 10.9 Å². The highest BCUT2D eigenvalue weighted by Gasteiger charge is 2.29. The molecule has 0 bridgehead atoms. The smallest absolute Gasteiger partial charge is 0.248 e. The Morgan fingerprint density at radius 1 is 1.14 bits per heavy atom. The Morgan fingerprint density at radius 2 is 2.00 bits per heavy atom. The third-order valence-corrected chi connectivity index (χ3v) is 5.37. The zero-order chi connectivity index (χ0) is 19.5. The second kappa shape index (κ2) is 8.14. The Kier molecular flexibility index (Phi) is 5.43. The number of hydrazine groups is 1. The average Bonchev–Trinajstić information content (AvgIpc) is 3.16. The summed E-state index contributed by atoms with van der Waals surface area (Å²) in [6.07, 6.45) is 0. The van der Waals surface area contributed by atoms with Gasteiger partial charge in [-0.2, -0.15) is 0 Å². The third-order valence-electron chi connectivity index (χ3n) is 5.37. The Hall–Kier alpha value is -2.67. The summed E-state index contributed by atoms with van der Waals surface area (Å²) in [7, 11) is 3.80. The molecule has 1 aromatic heterocycles. The van der Waals surface area contributed by atoms with Crippen molar-refractivity contribution < 1.29 is 4.74 Å². The molecule has 3 N–H and O–H groups in total. The Morgan fingerprint density at radius 3 is 2.86 bits per heavy atom. The molecule has 6 heteroatoms. The van der Waals surface area contributed by atoms with Gasteiger partial charge < -0.3 is 14.6 Å². The van der Waals surface area contributed by atoms with Crippen molar-refractivity contribution in [1.29, 1.82) is 0 Å². The Balaban J connectivity index is 1.50. The number of para-hydroxylation sites is 1. The zero-order valence-electron chi connectivity index (χ0n) is 16.2. The van der Waals surface area contributed by atoms with E-state index >= 15 is 0 Å². The number of nitrogens with one attached hydrogen (secondary N) is 3. The predicted octanol–water partition coefficient (Wildman–Crippen LogP) is 2.43. The first-order valence-corrected chi connectivity index (χ1v) is 9.56. The number of fused-ring (bicyclic) bond motifs is 1. The lowest BCUT2D eigenvalue weighted by Gasteiger charge is -2.25.